The normalized spacial score (nSPS) is 10.9. The third-order valence-electron chi connectivity index (χ3n) is 5.04. The number of fused-ring (bicyclic) bond motifs is 1. The summed E-state index contributed by atoms with van der Waals surface area (Å²) in [7, 11) is 3.25. The second-order valence-electron chi connectivity index (χ2n) is 7.05. The quantitative estimate of drug-likeness (QED) is 0.529. The predicted octanol–water partition coefficient (Wildman–Crippen LogP) is 3.89. The summed E-state index contributed by atoms with van der Waals surface area (Å²) >= 11 is 0. The summed E-state index contributed by atoms with van der Waals surface area (Å²) in [6, 6.07) is 14.0. The number of carbonyl (C=O) groups is 1. The predicted molar refractivity (Wildman–Crippen MR) is 115 cm³/mol. The van der Waals surface area contributed by atoms with E-state index in [1.165, 1.54) is 0 Å². The molecular formula is C23H29N3O3. The lowest BCUT2D eigenvalue weighted by molar-refractivity contribution is -0.121. The van der Waals surface area contributed by atoms with Gasteiger partial charge in [0.05, 0.1) is 25.3 Å². The van der Waals surface area contributed by atoms with Crippen molar-refractivity contribution in [2.75, 3.05) is 20.8 Å². The summed E-state index contributed by atoms with van der Waals surface area (Å²) in [5.41, 5.74) is 3.30. The summed E-state index contributed by atoms with van der Waals surface area (Å²) < 4.78 is 12.8. The molecule has 3 rings (SSSR count). The molecular weight excluding hydrogens is 366 g/mol. The number of aromatic nitrogens is 2. The van der Waals surface area contributed by atoms with Gasteiger partial charge >= 0.3 is 0 Å². The molecule has 0 saturated heterocycles. The van der Waals surface area contributed by atoms with Gasteiger partial charge in [0, 0.05) is 19.5 Å². The number of hydrogen-bond acceptors (Lipinski definition) is 4. The average Bonchev–Trinajstić information content (AvgIpc) is 3.06. The SMILES string of the molecule is COc1ccc(CCCC(=O)NCCCn2c(C)nc3ccccc32)cc1OC. The zero-order valence-electron chi connectivity index (χ0n) is 17.4. The number of nitrogens with one attached hydrogen (secondary N) is 1. The smallest absolute Gasteiger partial charge is 0.220 e. The molecule has 3 aromatic rings. The van der Waals surface area contributed by atoms with Gasteiger partial charge in [0.15, 0.2) is 11.5 Å². The van der Waals surface area contributed by atoms with Crippen LogP contribution in [0.3, 0.4) is 0 Å². The third-order valence-corrected chi connectivity index (χ3v) is 5.04. The Morgan fingerprint density at radius 1 is 1.07 bits per heavy atom. The van der Waals surface area contributed by atoms with Gasteiger partial charge in [0.1, 0.15) is 5.82 Å². The van der Waals surface area contributed by atoms with Gasteiger partial charge in [-0.2, -0.15) is 0 Å². The first-order chi connectivity index (χ1) is 14.1. The first kappa shape index (κ1) is 20.7. The average molecular weight is 396 g/mol. The highest BCUT2D eigenvalue weighted by atomic mass is 16.5. The van der Waals surface area contributed by atoms with E-state index < -0.39 is 0 Å². The summed E-state index contributed by atoms with van der Waals surface area (Å²) in [4.78, 5) is 16.7. The van der Waals surface area contributed by atoms with Gasteiger partial charge < -0.3 is 19.4 Å². The number of carbonyl (C=O) groups excluding carboxylic acids is 1. The molecule has 2 aromatic carbocycles. The van der Waals surface area contributed by atoms with Crippen molar-refractivity contribution < 1.29 is 14.3 Å². The largest absolute Gasteiger partial charge is 0.493 e. The standard InChI is InChI=1S/C23H29N3O3/c1-17-25-19-9-4-5-10-20(19)26(17)15-7-14-24-23(27)11-6-8-18-12-13-21(28-2)22(16-18)29-3/h4-5,9-10,12-13,16H,6-8,11,14-15H2,1-3H3,(H,24,27). The highest BCUT2D eigenvalue weighted by Gasteiger charge is 2.08. The lowest BCUT2D eigenvalue weighted by Gasteiger charge is -2.10. The van der Waals surface area contributed by atoms with Gasteiger partial charge in [-0.3, -0.25) is 4.79 Å². The Labute approximate surface area is 171 Å². The van der Waals surface area contributed by atoms with Gasteiger partial charge in [-0.15, -0.1) is 0 Å². The molecule has 29 heavy (non-hydrogen) atoms. The number of aryl methyl sites for hydroxylation is 3. The molecule has 0 radical (unpaired) electrons. The van der Waals surface area contributed by atoms with E-state index in [0.29, 0.717) is 13.0 Å². The van der Waals surface area contributed by atoms with Crippen LogP contribution in [0.15, 0.2) is 42.5 Å². The molecule has 1 heterocycles. The maximum atomic E-state index is 12.1. The van der Waals surface area contributed by atoms with Gasteiger partial charge in [-0.1, -0.05) is 18.2 Å². The van der Waals surface area contributed by atoms with Crippen LogP contribution in [0.1, 0.15) is 30.7 Å². The topological polar surface area (TPSA) is 65.4 Å². The van der Waals surface area contributed by atoms with Crippen LogP contribution in [-0.4, -0.2) is 36.2 Å². The fourth-order valence-electron chi connectivity index (χ4n) is 3.52. The van der Waals surface area contributed by atoms with Crippen molar-refractivity contribution in [3.05, 3.63) is 53.9 Å². The number of benzene rings is 2. The minimum Gasteiger partial charge on any atom is -0.493 e. The summed E-state index contributed by atoms with van der Waals surface area (Å²) in [6.07, 6.45) is 3.02. The molecule has 6 heteroatoms. The van der Waals surface area contributed by atoms with Crippen LogP contribution < -0.4 is 14.8 Å². The van der Waals surface area contributed by atoms with Crippen LogP contribution in [0, 0.1) is 6.92 Å². The minimum atomic E-state index is 0.0951. The lowest BCUT2D eigenvalue weighted by atomic mass is 10.1. The highest BCUT2D eigenvalue weighted by Crippen LogP contribution is 2.28. The molecule has 1 amide bonds. The fourth-order valence-corrected chi connectivity index (χ4v) is 3.52. The van der Waals surface area contributed by atoms with E-state index in [0.717, 1.165) is 59.7 Å². The molecule has 0 fully saturated rings. The molecule has 0 aliphatic rings. The number of nitrogens with zero attached hydrogens (tertiary/aromatic N) is 2. The number of hydrogen-bond donors (Lipinski definition) is 1. The van der Waals surface area contributed by atoms with Crippen LogP contribution >= 0.6 is 0 Å². The molecule has 0 spiro atoms. The van der Waals surface area contributed by atoms with Gasteiger partial charge in [-0.05, 0) is 56.0 Å². The second-order valence-corrected chi connectivity index (χ2v) is 7.05. The zero-order chi connectivity index (χ0) is 20.6. The van der Waals surface area contributed by atoms with Gasteiger partial charge in [0.25, 0.3) is 0 Å². The van der Waals surface area contributed by atoms with E-state index in [1.54, 1.807) is 14.2 Å². The van der Waals surface area contributed by atoms with E-state index in [1.807, 2.05) is 43.3 Å². The fraction of sp³-hybridized carbons (Fsp3) is 0.391. The number of imidazole rings is 1. The maximum Gasteiger partial charge on any atom is 0.220 e. The second kappa shape index (κ2) is 9.96. The number of para-hydroxylation sites is 2. The summed E-state index contributed by atoms with van der Waals surface area (Å²) in [5.74, 6) is 2.54. The van der Waals surface area contributed by atoms with E-state index in [9.17, 15) is 4.79 Å². The molecule has 1 N–H and O–H groups in total. The van der Waals surface area contributed by atoms with E-state index >= 15 is 0 Å². The molecule has 0 bridgehead atoms. The highest BCUT2D eigenvalue weighted by molar-refractivity contribution is 5.76. The Bertz CT molecular complexity index is 965. The van der Waals surface area contributed by atoms with E-state index in [-0.39, 0.29) is 5.91 Å². The van der Waals surface area contributed by atoms with Crippen molar-refractivity contribution in [2.24, 2.45) is 0 Å². The monoisotopic (exact) mass is 395 g/mol. The number of amides is 1. The molecule has 0 atom stereocenters. The number of rotatable bonds is 10. The molecule has 0 aliphatic heterocycles. The van der Waals surface area contributed by atoms with Gasteiger partial charge in [-0.25, -0.2) is 4.98 Å². The van der Waals surface area contributed by atoms with Crippen molar-refractivity contribution in [3.63, 3.8) is 0 Å². The van der Waals surface area contributed by atoms with E-state index in [4.69, 9.17) is 9.47 Å². The molecule has 1 aromatic heterocycles. The minimum absolute atomic E-state index is 0.0951. The summed E-state index contributed by atoms with van der Waals surface area (Å²) in [6.45, 7) is 3.53. The van der Waals surface area contributed by atoms with Crippen LogP contribution in [-0.2, 0) is 17.8 Å². The van der Waals surface area contributed by atoms with Crippen molar-refractivity contribution >= 4 is 16.9 Å². The van der Waals surface area contributed by atoms with Crippen LogP contribution in [0.2, 0.25) is 0 Å². The van der Waals surface area contributed by atoms with Crippen molar-refractivity contribution in [3.8, 4) is 11.5 Å². The van der Waals surface area contributed by atoms with Crippen LogP contribution in [0.5, 0.6) is 11.5 Å². The summed E-state index contributed by atoms with van der Waals surface area (Å²) in [5, 5.41) is 3.02. The molecule has 0 aliphatic carbocycles. The Morgan fingerprint density at radius 3 is 2.66 bits per heavy atom. The zero-order valence-corrected chi connectivity index (χ0v) is 17.4. The Balaban J connectivity index is 1.39. The van der Waals surface area contributed by atoms with E-state index in [2.05, 4.69) is 20.9 Å². The van der Waals surface area contributed by atoms with Crippen LogP contribution in [0.4, 0.5) is 0 Å². The molecule has 154 valence electrons. The van der Waals surface area contributed by atoms with Crippen LogP contribution in [0.25, 0.3) is 11.0 Å². The third kappa shape index (κ3) is 5.28. The Hall–Kier alpha value is -3.02. The van der Waals surface area contributed by atoms with Crippen molar-refractivity contribution in [1.82, 2.24) is 14.9 Å². The molecule has 6 nitrogen and oxygen atoms in total. The molecule has 0 unspecified atom stereocenters. The number of methoxy groups -OCH3 is 2. The Kier molecular flexibility index (Phi) is 7.11. The van der Waals surface area contributed by atoms with Gasteiger partial charge in [0.2, 0.25) is 5.91 Å². The maximum absolute atomic E-state index is 12.1. The lowest BCUT2D eigenvalue weighted by Crippen LogP contribution is -2.25. The van der Waals surface area contributed by atoms with Crippen molar-refractivity contribution in [2.45, 2.75) is 39.2 Å². The first-order valence-corrected chi connectivity index (χ1v) is 10.0. The molecule has 0 saturated carbocycles. The number of ether oxygens (including phenoxy) is 2. The Morgan fingerprint density at radius 2 is 1.86 bits per heavy atom. The first-order valence-electron chi connectivity index (χ1n) is 10.0. The van der Waals surface area contributed by atoms with Crippen molar-refractivity contribution in [1.29, 1.82) is 0 Å².